The zero-order valence-corrected chi connectivity index (χ0v) is 14.9. The highest BCUT2D eigenvalue weighted by Crippen LogP contribution is 2.66. The van der Waals surface area contributed by atoms with E-state index in [1.807, 2.05) is 13.8 Å². The quantitative estimate of drug-likeness (QED) is 0.693. The minimum absolute atomic E-state index is 0.00660. The van der Waals surface area contributed by atoms with Crippen molar-refractivity contribution in [1.29, 1.82) is 0 Å². The molecule has 0 aromatic heterocycles. The van der Waals surface area contributed by atoms with Gasteiger partial charge in [-0.3, -0.25) is 9.59 Å². The van der Waals surface area contributed by atoms with Gasteiger partial charge in [0.2, 0.25) is 0 Å². The lowest BCUT2D eigenvalue weighted by Crippen LogP contribution is -2.65. The predicted molar refractivity (Wildman–Crippen MR) is 89.3 cm³/mol. The minimum atomic E-state index is -0.882. The van der Waals surface area contributed by atoms with E-state index in [2.05, 4.69) is 13.5 Å². The molecule has 4 nitrogen and oxygen atoms in total. The van der Waals surface area contributed by atoms with Gasteiger partial charge in [0.1, 0.15) is 11.7 Å². The summed E-state index contributed by atoms with van der Waals surface area (Å²) in [6, 6.07) is 0. The van der Waals surface area contributed by atoms with Crippen molar-refractivity contribution in [2.45, 2.75) is 77.1 Å². The average Bonchev–Trinajstić information content (AvgIpc) is 2.60. The van der Waals surface area contributed by atoms with Crippen LogP contribution < -0.4 is 0 Å². The van der Waals surface area contributed by atoms with Gasteiger partial charge in [0.25, 0.3) is 0 Å². The fourth-order valence-corrected chi connectivity index (χ4v) is 6.26. The van der Waals surface area contributed by atoms with Crippen molar-refractivity contribution >= 4 is 11.6 Å². The molecule has 0 amide bonds. The number of hydrogen-bond acceptors (Lipinski definition) is 4. The van der Waals surface area contributed by atoms with Crippen LogP contribution in [-0.4, -0.2) is 34.5 Å². The molecule has 5 aliphatic rings. The Labute approximate surface area is 143 Å². The predicted octanol–water partition coefficient (Wildman–Crippen LogP) is 2.83. The first-order valence-corrected chi connectivity index (χ1v) is 9.23. The van der Waals surface area contributed by atoms with Crippen LogP contribution in [0.25, 0.3) is 0 Å². The van der Waals surface area contributed by atoms with E-state index in [0.29, 0.717) is 12.8 Å². The van der Waals surface area contributed by atoms with E-state index >= 15 is 0 Å². The van der Waals surface area contributed by atoms with Crippen molar-refractivity contribution in [2.75, 3.05) is 0 Å². The van der Waals surface area contributed by atoms with Gasteiger partial charge in [-0.1, -0.05) is 19.1 Å². The van der Waals surface area contributed by atoms with Crippen molar-refractivity contribution in [2.24, 2.45) is 22.7 Å². The normalized spacial score (nSPS) is 50.2. The van der Waals surface area contributed by atoms with Crippen molar-refractivity contribution in [1.82, 2.24) is 0 Å². The van der Waals surface area contributed by atoms with E-state index in [0.717, 1.165) is 31.3 Å². The van der Waals surface area contributed by atoms with E-state index in [9.17, 15) is 14.7 Å². The molecule has 132 valence electrons. The van der Waals surface area contributed by atoms with Gasteiger partial charge in [0.05, 0.1) is 6.10 Å². The second-order valence-electron chi connectivity index (χ2n) is 9.28. The molecule has 2 bridgehead atoms. The number of ether oxygens (including phenoxy) is 1. The van der Waals surface area contributed by atoms with Crippen LogP contribution in [0.4, 0.5) is 0 Å². The van der Waals surface area contributed by atoms with Crippen LogP contribution in [-0.2, 0) is 14.3 Å². The first-order valence-electron chi connectivity index (χ1n) is 9.23. The first kappa shape index (κ1) is 16.5. The molecular weight excluding hydrogens is 304 g/mol. The van der Waals surface area contributed by atoms with Gasteiger partial charge in [-0.05, 0) is 57.3 Å². The minimum Gasteiger partial charge on any atom is -0.385 e. The summed E-state index contributed by atoms with van der Waals surface area (Å²) in [7, 11) is 0. The molecule has 4 saturated carbocycles. The van der Waals surface area contributed by atoms with Crippen LogP contribution in [0.3, 0.4) is 0 Å². The topological polar surface area (TPSA) is 63.6 Å². The number of ketones is 2. The van der Waals surface area contributed by atoms with Gasteiger partial charge in [-0.25, -0.2) is 0 Å². The second-order valence-corrected chi connectivity index (χ2v) is 9.28. The zero-order chi connectivity index (χ0) is 17.5. The molecule has 1 aliphatic heterocycles. The number of aliphatic hydroxyl groups is 1. The lowest BCUT2D eigenvalue weighted by atomic mass is 9.41. The third-order valence-corrected chi connectivity index (χ3v) is 7.75. The summed E-state index contributed by atoms with van der Waals surface area (Å²) >= 11 is 0. The smallest absolute Gasteiger partial charge is 0.168 e. The third kappa shape index (κ3) is 1.87. The Morgan fingerprint density at radius 3 is 2.62 bits per heavy atom. The highest BCUT2D eigenvalue weighted by Gasteiger charge is 2.67. The van der Waals surface area contributed by atoms with E-state index in [1.54, 1.807) is 0 Å². The van der Waals surface area contributed by atoms with Crippen molar-refractivity contribution in [3.8, 4) is 0 Å². The molecule has 5 fully saturated rings. The van der Waals surface area contributed by atoms with E-state index in [-0.39, 0.29) is 34.9 Å². The van der Waals surface area contributed by atoms with Crippen LogP contribution in [0.2, 0.25) is 0 Å². The second kappa shape index (κ2) is 4.79. The maximum absolute atomic E-state index is 13.0. The number of fused-ring (bicyclic) bond motifs is 3. The Bertz CT molecular complexity index is 636. The van der Waals surface area contributed by atoms with Gasteiger partial charge >= 0.3 is 0 Å². The fourth-order valence-electron chi connectivity index (χ4n) is 6.26. The van der Waals surface area contributed by atoms with Gasteiger partial charge < -0.3 is 9.84 Å². The Hall–Kier alpha value is -1.00. The lowest BCUT2D eigenvalue weighted by Gasteiger charge is -2.63. The monoisotopic (exact) mass is 332 g/mol. The van der Waals surface area contributed by atoms with E-state index < -0.39 is 17.1 Å². The molecule has 0 unspecified atom stereocenters. The SMILES string of the molecule is C=C1C[C@@]23CC[C@@H]4OC(C)(C)C(=O)CC[C@@]4(C)[C@@H]2C[C@@H]1[C@H](O)C3=O. The standard InChI is InChI=1S/C20H28O4/c1-11-10-20-8-6-15-19(4,7-5-14(21)18(2,3)24-15)13(20)9-12(11)16(22)17(20)23/h12-13,15-16,22H,1,5-10H2,2-4H3/t12-,13-,15-,16-,19-,20-/m0/s1. The molecule has 24 heavy (non-hydrogen) atoms. The highest BCUT2D eigenvalue weighted by molar-refractivity contribution is 5.93. The molecule has 1 spiro atoms. The van der Waals surface area contributed by atoms with Gasteiger partial charge in [-0.15, -0.1) is 0 Å². The van der Waals surface area contributed by atoms with Gasteiger partial charge in [-0.2, -0.15) is 0 Å². The maximum atomic E-state index is 13.0. The maximum Gasteiger partial charge on any atom is 0.168 e. The molecule has 0 aromatic rings. The molecule has 5 rings (SSSR count). The number of carbonyl (C=O) groups excluding carboxylic acids is 2. The van der Waals surface area contributed by atoms with E-state index in [1.165, 1.54) is 0 Å². The molecule has 0 radical (unpaired) electrons. The van der Waals surface area contributed by atoms with Crippen LogP contribution >= 0.6 is 0 Å². The molecule has 4 heteroatoms. The Morgan fingerprint density at radius 1 is 1.21 bits per heavy atom. The third-order valence-electron chi connectivity index (χ3n) is 7.75. The molecule has 1 heterocycles. The van der Waals surface area contributed by atoms with Crippen LogP contribution in [0, 0.1) is 22.7 Å². The van der Waals surface area contributed by atoms with Crippen molar-refractivity contribution in [3.63, 3.8) is 0 Å². The first-order chi connectivity index (χ1) is 11.1. The number of Topliss-reactive ketones (excluding diaryl/α,β-unsaturated/α-hetero) is 2. The van der Waals surface area contributed by atoms with Gasteiger partial charge in [0, 0.05) is 17.8 Å². The molecular formula is C20H28O4. The molecule has 1 N–H and O–H groups in total. The number of carbonyl (C=O) groups is 2. The number of hydrogen-bond donors (Lipinski definition) is 1. The summed E-state index contributed by atoms with van der Waals surface area (Å²) < 4.78 is 6.31. The Balaban J connectivity index is 1.77. The summed E-state index contributed by atoms with van der Waals surface area (Å²) in [6.45, 7) is 10.1. The fraction of sp³-hybridized carbons (Fsp3) is 0.800. The molecule has 4 aliphatic carbocycles. The van der Waals surface area contributed by atoms with Crippen LogP contribution in [0.1, 0.15) is 59.3 Å². The average molecular weight is 332 g/mol. The molecule has 6 atom stereocenters. The van der Waals surface area contributed by atoms with Crippen molar-refractivity contribution in [3.05, 3.63) is 12.2 Å². The zero-order valence-electron chi connectivity index (χ0n) is 14.9. The van der Waals surface area contributed by atoms with E-state index in [4.69, 9.17) is 4.74 Å². The Kier molecular flexibility index (Phi) is 3.29. The van der Waals surface area contributed by atoms with Crippen LogP contribution in [0.15, 0.2) is 12.2 Å². The summed E-state index contributed by atoms with van der Waals surface area (Å²) in [5.41, 5.74) is -0.381. The summed E-state index contributed by atoms with van der Waals surface area (Å²) in [5, 5.41) is 10.4. The van der Waals surface area contributed by atoms with Crippen LogP contribution in [0.5, 0.6) is 0 Å². The molecule has 0 aromatic carbocycles. The summed E-state index contributed by atoms with van der Waals surface area (Å²) in [4.78, 5) is 25.4. The number of rotatable bonds is 0. The molecule has 1 saturated heterocycles. The van der Waals surface area contributed by atoms with Crippen molar-refractivity contribution < 1.29 is 19.4 Å². The van der Waals surface area contributed by atoms with Gasteiger partial charge in [0.15, 0.2) is 11.6 Å². The summed E-state index contributed by atoms with van der Waals surface area (Å²) in [6.07, 6.45) is 3.43. The lowest BCUT2D eigenvalue weighted by molar-refractivity contribution is -0.205. The summed E-state index contributed by atoms with van der Waals surface area (Å²) in [5.74, 6) is 0.235. The Morgan fingerprint density at radius 2 is 1.92 bits per heavy atom. The highest BCUT2D eigenvalue weighted by atomic mass is 16.5. The largest absolute Gasteiger partial charge is 0.385 e. The number of aliphatic hydroxyl groups excluding tert-OH is 1.